The first kappa shape index (κ1) is 25.2. The molecule has 0 aromatic heterocycles. The van der Waals surface area contributed by atoms with Gasteiger partial charge in [-0.2, -0.15) is 0 Å². The predicted octanol–water partition coefficient (Wildman–Crippen LogP) is 2.33. The van der Waals surface area contributed by atoms with Gasteiger partial charge in [-0.3, -0.25) is 14.4 Å². The second-order valence-electron chi connectivity index (χ2n) is 7.07. The number of benzene rings is 1. The molecule has 0 spiro atoms. The molecule has 0 radical (unpaired) electrons. The fourth-order valence-electron chi connectivity index (χ4n) is 3.26. The minimum Gasteiger partial charge on any atom is -0.481 e. The highest BCUT2D eigenvalue weighted by atomic mass is 35.5. The highest BCUT2D eigenvalue weighted by molar-refractivity contribution is 6.30. The van der Waals surface area contributed by atoms with Crippen LogP contribution in [0.1, 0.15) is 43.6 Å². The van der Waals surface area contributed by atoms with Crippen molar-refractivity contribution in [2.24, 2.45) is 5.92 Å². The molecule has 2 rings (SSSR count). The summed E-state index contributed by atoms with van der Waals surface area (Å²) in [4.78, 5) is 35.3. The maximum Gasteiger partial charge on any atom is 0.303 e. The molecule has 0 bridgehead atoms. The molecular weight excluding hydrogens is 417 g/mol. The summed E-state index contributed by atoms with van der Waals surface area (Å²) in [6, 6.07) is 7.26. The van der Waals surface area contributed by atoms with E-state index in [1.807, 2.05) is 12.1 Å². The lowest BCUT2D eigenvalue weighted by atomic mass is 9.93. The molecule has 0 saturated carbocycles. The van der Waals surface area contributed by atoms with Crippen LogP contribution >= 0.6 is 24.0 Å². The topological polar surface area (TPSA) is 108 Å². The van der Waals surface area contributed by atoms with E-state index < -0.39 is 5.97 Å². The van der Waals surface area contributed by atoms with E-state index in [1.165, 1.54) is 0 Å². The fourth-order valence-corrected chi connectivity index (χ4v) is 3.38. The normalized spacial score (nSPS) is 15.1. The summed E-state index contributed by atoms with van der Waals surface area (Å²) in [7, 11) is 0. The minimum atomic E-state index is -0.881. The lowest BCUT2D eigenvalue weighted by Crippen LogP contribution is -2.40. The SMILES string of the molecule is Cl.O=C(O)CCCNC(=O)C[C@@H](CNC(=O)C1CCNCC1)c1ccc(Cl)cc1. The Kier molecular flexibility index (Phi) is 11.7. The molecule has 0 aliphatic carbocycles. The van der Waals surface area contributed by atoms with E-state index >= 15 is 0 Å². The number of piperidine rings is 1. The van der Waals surface area contributed by atoms with Crippen molar-refractivity contribution < 1.29 is 19.5 Å². The van der Waals surface area contributed by atoms with E-state index in [-0.39, 0.29) is 48.9 Å². The van der Waals surface area contributed by atoms with Crippen molar-refractivity contribution in [2.45, 2.75) is 38.0 Å². The van der Waals surface area contributed by atoms with E-state index in [9.17, 15) is 14.4 Å². The quantitative estimate of drug-likeness (QED) is 0.413. The van der Waals surface area contributed by atoms with E-state index in [0.717, 1.165) is 31.5 Å². The number of carboxylic acid groups (broad SMARTS) is 1. The number of halogens is 2. The molecule has 1 fully saturated rings. The number of carboxylic acids is 1. The Morgan fingerprint density at radius 3 is 2.41 bits per heavy atom. The van der Waals surface area contributed by atoms with Crippen molar-refractivity contribution in [3.05, 3.63) is 34.9 Å². The Bertz CT molecular complexity index is 664. The summed E-state index contributed by atoms with van der Waals surface area (Å²) < 4.78 is 0. The van der Waals surface area contributed by atoms with Crippen molar-refractivity contribution in [3.8, 4) is 0 Å². The molecule has 2 amide bonds. The summed E-state index contributed by atoms with van der Waals surface area (Å²) in [5, 5.41) is 18.3. The van der Waals surface area contributed by atoms with Gasteiger partial charge in [0.1, 0.15) is 0 Å². The van der Waals surface area contributed by atoms with Crippen LogP contribution in [0.15, 0.2) is 24.3 Å². The van der Waals surface area contributed by atoms with Crippen LogP contribution in [0.5, 0.6) is 0 Å². The highest BCUT2D eigenvalue weighted by Crippen LogP contribution is 2.22. The van der Waals surface area contributed by atoms with Crippen LogP contribution < -0.4 is 16.0 Å². The zero-order valence-electron chi connectivity index (χ0n) is 16.3. The number of nitrogens with one attached hydrogen (secondary N) is 3. The van der Waals surface area contributed by atoms with Crippen LogP contribution in [-0.2, 0) is 14.4 Å². The van der Waals surface area contributed by atoms with E-state index in [0.29, 0.717) is 24.5 Å². The monoisotopic (exact) mass is 445 g/mol. The molecule has 7 nitrogen and oxygen atoms in total. The Morgan fingerprint density at radius 1 is 1.14 bits per heavy atom. The largest absolute Gasteiger partial charge is 0.481 e. The molecule has 9 heteroatoms. The van der Waals surface area contributed by atoms with Crippen LogP contribution in [0.4, 0.5) is 0 Å². The molecule has 162 valence electrons. The van der Waals surface area contributed by atoms with E-state index in [2.05, 4.69) is 16.0 Å². The van der Waals surface area contributed by atoms with Crippen LogP contribution in [0, 0.1) is 5.92 Å². The first-order chi connectivity index (χ1) is 13.5. The van der Waals surface area contributed by atoms with Gasteiger partial charge in [-0.05, 0) is 50.0 Å². The van der Waals surface area contributed by atoms with Gasteiger partial charge in [0.2, 0.25) is 11.8 Å². The van der Waals surface area contributed by atoms with Crippen LogP contribution in [-0.4, -0.2) is 49.1 Å². The molecule has 1 aromatic carbocycles. The molecule has 29 heavy (non-hydrogen) atoms. The van der Waals surface area contributed by atoms with Gasteiger partial charge in [-0.1, -0.05) is 23.7 Å². The van der Waals surface area contributed by atoms with Gasteiger partial charge in [0.05, 0.1) is 0 Å². The Labute approximate surface area is 182 Å². The Morgan fingerprint density at radius 2 is 1.79 bits per heavy atom. The molecule has 1 aliphatic heterocycles. The predicted molar refractivity (Wildman–Crippen MR) is 115 cm³/mol. The molecule has 1 aliphatic rings. The first-order valence-electron chi connectivity index (χ1n) is 9.68. The fraction of sp³-hybridized carbons (Fsp3) is 0.550. The van der Waals surface area contributed by atoms with Gasteiger partial charge in [-0.15, -0.1) is 12.4 Å². The number of hydrogen-bond acceptors (Lipinski definition) is 4. The summed E-state index contributed by atoms with van der Waals surface area (Å²) in [6.07, 6.45) is 2.26. The lowest BCUT2D eigenvalue weighted by Gasteiger charge is -2.24. The number of hydrogen-bond donors (Lipinski definition) is 4. The summed E-state index contributed by atoms with van der Waals surface area (Å²) >= 11 is 5.96. The van der Waals surface area contributed by atoms with Gasteiger partial charge < -0.3 is 21.1 Å². The minimum absolute atomic E-state index is 0. The van der Waals surface area contributed by atoms with Crippen LogP contribution in [0.25, 0.3) is 0 Å². The van der Waals surface area contributed by atoms with Gasteiger partial charge in [0, 0.05) is 42.8 Å². The Balaban J connectivity index is 0.00000420. The Hall–Kier alpha value is -1.83. The van der Waals surface area contributed by atoms with Crippen molar-refractivity contribution in [2.75, 3.05) is 26.2 Å². The van der Waals surface area contributed by atoms with Gasteiger partial charge in [-0.25, -0.2) is 0 Å². The van der Waals surface area contributed by atoms with Gasteiger partial charge in [0.25, 0.3) is 0 Å². The maximum absolute atomic E-state index is 12.4. The first-order valence-corrected chi connectivity index (χ1v) is 10.1. The maximum atomic E-state index is 12.4. The zero-order valence-corrected chi connectivity index (χ0v) is 17.9. The zero-order chi connectivity index (χ0) is 20.4. The second-order valence-corrected chi connectivity index (χ2v) is 7.51. The molecule has 0 unspecified atom stereocenters. The summed E-state index contributed by atoms with van der Waals surface area (Å²) in [5.74, 6) is -1.18. The second kappa shape index (κ2) is 13.4. The summed E-state index contributed by atoms with van der Waals surface area (Å²) in [5.41, 5.74) is 0.927. The summed E-state index contributed by atoms with van der Waals surface area (Å²) in [6.45, 7) is 2.38. The molecule has 1 aromatic rings. The molecule has 4 N–H and O–H groups in total. The standard InChI is InChI=1S/C20H28ClN3O4.ClH/c21-17-5-3-14(4-6-17)16(12-18(25)23-9-1-2-19(26)27)13-24-20(28)15-7-10-22-11-8-15;/h3-6,15-16,22H,1-2,7-13H2,(H,23,25)(H,24,28)(H,26,27);1H/t16-;/m0./s1. The van der Waals surface area contributed by atoms with Crippen LogP contribution in [0.3, 0.4) is 0 Å². The lowest BCUT2D eigenvalue weighted by molar-refractivity contribution is -0.137. The van der Waals surface area contributed by atoms with Gasteiger partial charge >= 0.3 is 5.97 Å². The molecule has 1 saturated heterocycles. The number of aliphatic carboxylic acids is 1. The van der Waals surface area contributed by atoms with Gasteiger partial charge in [0.15, 0.2) is 0 Å². The molecule has 1 atom stereocenters. The van der Waals surface area contributed by atoms with Crippen molar-refractivity contribution in [1.82, 2.24) is 16.0 Å². The third-order valence-electron chi connectivity index (χ3n) is 4.90. The third kappa shape index (κ3) is 9.47. The average molecular weight is 446 g/mol. The van der Waals surface area contributed by atoms with Crippen molar-refractivity contribution in [1.29, 1.82) is 0 Å². The van der Waals surface area contributed by atoms with Crippen LogP contribution in [0.2, 0.25) is 5.02 Å². The van der Waals surface area contributed by atoms with Crippen molar-refractivity contribution >= 4 is 41.8 Å². The van der Waals surface area contributed by atoms with Crippen molar-refractivity contribution in [3.63, 3.8) is 0 Å². The smallest absolute Gasteiger partial charge is 0.303 e. The number of rotatable bonds is 10. The number of carbonyl (C=O) groups excluding carboxylic acids is 2. The number of amides is 2. The number of carbonyl (C=O) groups is 3. The average Bonchev–Trinajstić information content (AvgIpc) is 2.69. The highest BCUT2D eigenvalue weighted by Gasteiger charge is 2.23. The molecular formula is C20H29Cl2N3O4. The van der Waals surface area contributed by atoms with E-state index in [1.54, 1.807) is 12.1 Å². The molecule has 1 heterocycles. The third-order valence-corrected chi connectivity index (χ3v) is 5.15. The van der Waals surface area contributed by atoms with E-state index in [4.69, 9.17) is 16.7 Å².